The number of H-pyrrole nitrogens is 1. The Morgan fingerprint density at radius 3 is 2.74 bits per heavy atom. The summed E-state index contributed by atoms with van der Waals surface area (Å²) in [5, 5.41) is 19.8. The maximum atomic E-state index is 13.2. The predicted octanol–water partition coefficient (Wildman–Crippen LogP) is 3.03. The zero-order valence-electron chi connectivity index (χ0n) is 17.0. The van der Waals surface area contributed by atoms with E-state index in [1.807, 2.05) is 18.3 Å². The minimum atomic E-state index is -0.245. The van der Waals surface area contributed by atoms with Gasteiger partial charge in [0, 0.05) is 36.1 Å². The Labute approximate surface area is 179 Å². The van der Waals surface area contributed by atoms with Gasteiger partial charge in [-0.3, -0.25) is 15.0 Å². The number of pyridine rings is 1. The van der Waals surface area contributed by atoms with Crippen molar-refractivity contribution in [3.05, 3.63) is 77.9 Å². The fourth-order valence-corrected chi connectivity index (χ4v) is 4.23. The first-order chi connectivity index (χ1) is 15.3. The summed E-state index contributed by atoms with van der Waals surface area (Å²) in [5.41, 5.74) is 4.39. The highest BCUT2D eigenvalue weighted by Gasteiger charge is 2.26. The number of rotatable bonds is 6. The molecule has 1 fully saturated rings. The van der Waals surface area contributed by atoms with Crippen molar-refractivity contribution in [1.82, 2.24) is 40.3 Å². The number of benzene rings is 1. The van der Waals surface area contributed by atoms with Crippen molar-refractivity contribution in [3.8, 4) is 11.1 Å². The van der Waals surface area contributed by atoms with Gasteiger partial charge in [-0.05, 0) is 65.2 Å². The van der Waals surface area contributed by atoms with Gasteiger partial charge in [-0.1, -0.05) is 12.1 Å². The molecule has 4 heterocycles. The van der Waals surface area contributed by atoms with E-state index in [1.54, 1.807) is 29.2 Å². The van der Waals surface area contributed by atoms with E-state index in [4.69, 9.17) is 0 Å². The van der Waals surface area contributed by atoms with Crippen LogP contribution in [0.5, 0.6) is 0 Å². The molecule has 1 atom stereocenters. The van der Waals surface area contributed by atoms with Crippen LogP contribution in [0.4, 0.5) is 4.39 Å². The number of aromatic nitrogens is 7. The molecule has 31 heavy (non-hydrogen) atoms. The van der Waals surface area contributed by atoms with Crippen LogP contribution < -0.4 is 0 Å². The standard InChI is InChI=1S/C22H23FN8/c23-19-5-3-16(4-6-19)13-31-21(26-28-29-31)15-30-11-1-2-18(14-30)22-20(12-25-27-22)17-7-9-24-10-8-17/h3-10,12,18H,1-2,11,13-15H2,(H,25,27)/t18-/m0/s1. The smallest absolute Gasteiger partial charge is 0.165 e. The molecular formula is C22H23FN8. The van der Waals surface area contributed by atoms with Gasteiger partial charge in [0.2, 0.25) is 0 Å². The second-order valence-electron chi connectivity index (χ2n) is 7.89. The van der Waals surface area contributed by atoms with Crippen LogP contribution in [-0.4, -0.2) is 53.4 Å². The number of hydrogen-bond acceptors (Lipinski definition) is 6. The number of piperidine rings is 1. The number of halogens is 1. The van der Waals surface area contributed by atoms with Crippen LogP contribution in [0.15, 0.2) is 55.0 Å². The van der Waals surface area contributed by atoms with Crippen molar-refractivity contribution in [3.63, 3.8) is 0 Å². The van der Waals surface area contributed by atoms with Crippen molar-refractivity contribution < 1.29 is 4.39 Å². The van der Waals surface area contributed by atoms with Gasteiger partial charge in [-0.15, -0.1) is 5.10 Å². The number of likely N-dealkylation sites (tertiary alicyclic amines) is 1. The molecule has 1 saturated heterocycles. The highest BCUT2D eigenvalue weighted by atomic mass is 19.1. The molecule has 0 radical (unpaired) electrons. The number of aromatic amines is 1. The second kappa shape index (κ2) is 8.73. The summed E-state index contributed by atoms with van der Waals surface area (Å²) in [4.78, 5) is 6.50. The Balaban J connectivity index is 1.29. The van der Waals surface area contributed by atoms with Crippen molar-refractivity contribution in [1.29, 1.82) is 0 Å². The predicted molar refractivity (Wildman–Crippen MR) is 112 cm³/mol. The summed E-state index contributed by atoms with van der Waals surface area (Å²) in [6.45, 7) is 3.10. The number of tetrazole rings is 1. The fraction of sp³-hybridized carbons (Fsp3) is 0.318. The first-order valence-corrected chi connectivity index (χ1v) is 10.4. The second-order valence-corrected chi connectivity index (χ2v) is 7.89. The van der Waals surface area contributed by atoms with Crippen LogP contribution in [0.2, 0.25) is 0 Å². The van der Waals surface area contributed by atoms with E-state index in [-0.39, 0.29) is 5.82 Å². The van der Waals surface area contributed by atoms with E-state index in [2.05, 4.69) is 35.6 Å². The van der Waals surface area contributed by atoms with E-state index in [1.165, 1.54) is 17.8 Å². The molecule has 4 aromatic rings. The topological polar surface area (TPSA) is 88.4 Å². The average Bonchev–Trinajstić information content (AvgIpc) is 3.46. The van der Waals surface area contributed by atoms with Crippen LogP contribution in [0.1, 0.15) is 35.8 Å². The van der Waals surface area contributed by atoms with Crippen molar-refractivity contribution in [2.45, 2.75) is 31.8 Å². The number of nitrogens with one attached hydrogen (secondary N) is 1. The molecule has 5 rings (SSSR count). The maximum Gasteiger partial charge on any atom is 0.165 e. The van der Waals surface area contributed by atoms with E-state index in [0.717, 1.165) is 48.4 Å². The minimum Gasteiger partial charge on any atom is -0.295 e. The highest BCUT2D eigenvalue weighted by molar-refractivity contribution is 5.65. The molecule has 0 spiro atoms. The average molecular weight is 418 g/mol. The summed E-state index contributed by atoms with van der Waals surface area (Å²) in [5.74, 6) is 0.926. The summed E-state index contributed by atoms with van der Waals surface area (Å²) in [6.07, 6.45) is 7.71. The molecule has 158 valence electrons. The Hall–Kier alpha value is -3.46. The molecule has 1 aromatic carbocycles. The molecule has 0 amide bonds. The lowest BCUT2D eigenvalue weighted by atomic mass is 9.91. The lowest BCUT2D eigenvalue weighted by Crippen LogP contribution is -2.35. The highest BCUT2D eigenvalue weighted by Crippen LogP contribution is 2.33. The quantitative estimate of drug-likeness (QED) is 0.518. The largest absolute Gasteiger partial charge is 0.295 e. The van der Waals surface area contributed by atoms with Crippen LogP contribution in [0.25, 0.3) is 11.1 Å². The third-order valence-corrected chi connectivity index (χ3v) is 5.79. The molecule has 9 heteroatoms. The summed E-state index contributed by atoms with van der Waals surface area (Å²) in [6, 6.07) is 10.5. The van der Waals surface area contributed by atoms with Gasteiger partial charge in [0.05, 0.1) is 19.3 Å². The zero-order valence-corrected chi connectivity index (χ0v) is 17.0. The van der Waals surface area contributed by atoms with Crippen LogP contribution in [-0.2, 0) is 13.1 Å². The van der Waals surface area contributed by atoms with Gasteiger partial charge in [0.1, 0.15) is 5.82 Å². The molecule has 1 aliphatic rings. The molecule has 0 saturated carbocycles. The SMILES string of the molecule is Fc1ccc(Cn2nnnc2CN2CCC[C@H](c3[nH]ncc3-c3ccncc3)C2)cc1. The number of hydrogen-bond donors (Lipinski definition) is 1. The van der Waals surface area contributed by atoms with Gasteiger partial charge in [-0.2, -0.15) is 5.10 Å². The van der Waals surface area contributed by atoms with Crippen molar-refractivity contribution in [2.75, 3.05) is 13.1 Å². The fourth-order valence-electron chi connectivity index (χ4n) is 4.23. The zero-order chi connectivity index (χ0) is 21.0. The third kappa shape index (κ3) is 4.36. The molecule has 0 aliphatic carbocycles. The van der Waals surface area contributed by atoms with E-state index >= 15 is 0 Å². The Bertz CT molecular complexity index is 1120. The Morgan fingerprint density at radius 1 is 1.06 bits per heavy atom. The van der Waals surface area contributed by atoms with Crippen molar-refractivity contribution in [2.24, 2.45) is 0 Å². The third-order valence-electron chi connectivity index (χ3n) is 5.79. The summed E-state index contributed by atoms with van der Waals surface area (Å²) >= 11 is 0. The van der Waals surface area contributed by atoms with Gasteiger partial charge < -0.3 is 0 Å². The van der Waals surface area contributed by atoms with E-state index in [9.17, 15) is 4.39 Å². The molecule has 8 nitrogen and oxygen atoms in total. The normalized spacial score (nSPS) is 17.1. The summed E-state index contributed by atoms with van der Waals surface area (Å²) in [7, 11) is 0. The molecule has 1 aliphatic heterocycles. The number of nitrogens with zero attached hydrogens (tertiary/aromatic N) is 7. The van der Waals surface area contributed by atoms with Crippen molar-refractivity contribution >= 4 is 0 Å². The van der Waals surface area contributed by atoms with Crippen LogP contribution >= 0.6 is 0 Å². The van der Waals surface area contributed by atoms with E-state index < -0.39 is 0 Å². The maximum absolute atomic E-state index is 13.2. The Morgan fingerprint density at radius 2 is 1.90 bits per heavy atom. The van der Waals surface area contributed by atoms with Crippen LogP contribution in [0.3, 0.4) is 0 Å². The molecular weight excluding hydrogens is 395 g/mol. The Kier molecular flexibility index (Phi) is 5.49. The lowest BCUT2D eigenvalue weighted by molar-refractivity contribution is 0.191. The molecule has 1 N–H and O–H groups in total. The van der Waals surface area contributed by atoms with Gasteiger partial charge >= 0.3 is 0 Å². The first kappa shape index (κ1) is 19.5. The first-order valence-electron chi connectivity index (χ1n) is 10.4. The molecule has 3 aromatic heterocycles. The van der Waals surface area contributed by atoms with E-state index in [0.29, 0.717) is 19.0 Å². The van der Waals surface area contributed by atoms with Crippen LogP contribution in [0, 0.1) is 5.82 Å². The molecule has 0 bridgehead atoms. The monoisotopic (exact) mass is 418 g/mol. The summed E-state index contributed by atoms with van der Waals surface area (Å²) < 4.78 is 15.0. The van der Waals surface area contributed by atoms with Gasteiger partial charge in [0.15, 0.2) is 5.82 Å². The lowest BCUT2D eigenvalue weighted by Gasteiger charge is -2.32. The van der Waals surface area contributed by atoms with Gasteiger partial charge in [0.25, 0.3) is 0 Å². The minimum absolute atomic E-state index is 0.245. The van der Waals surface area contributed by atoms with Gasteiger partial charge in [-0.25, -0.2) is 9.07 Å². The molecule has 0 unspecified atom stereocenters.